The molecule has 0 fully saturated rings. The van der Waals surface area contributed by atoms with Gasteiger partial charge >= 0.3 is 12.0 Å². The number of carboxylic acid groups (broad SMARTS) is 1. The Balaban J connectivity index is 2.32. The minimum atomic E-state index is -1.03. The van der Waals surface area contributed by atoms with Crippen LogP contribution in [0, 0.1) is 0 Å². The van der Waals surface area contributed by atoms with Crippen LogP contribution in [0.3, 0.4) is 0 Å². The van der Waals surface area contributed by atoms with Crippen molar-refractivity contribution in [3.8, 4) is 5.75 Å². The van der Waals surface area contributed by atoms with Crippen molar-refractivity contribution in [2.45, 2.75) is 19.9 Å². The number of aliphatic carboxylic acids is 1. The molecule has 0 atom stereocenters. The molecule has 0 aromatic heterocycles. The summed E-state index contributed by atoms with van der Waals surface area (Å²) in [5, 5.41) is 11.4. The summed E-state index contributed by atoms with van der Waals surface area (Å²) in [7, 11) is 0. The lowest BCUT2D eigenvalue weighted by molar-refractivity contribution is -0.138. The molecule has 6 heteroatoms. The zero-order valence-electron chi connectivity index (χ0n) is 11.7. The van der Waals surface area contributed by atoms with Gasteiger partial charge in [0.05, 0.1) is 6.54 Å². The summed E-state index contributed by atoms with van der Waals surface area (Å²) < 4.78 is 5.43. The summed E-state index contributed by atoms with van der Waals surface area (Å²) in [6.07, 6.45) is 0. The summed E-state index contributed by atoms with van der Waals surface area (Å²) in [6, 6.07) is 8.68. The van der Waals surface area contributed by atoms with Gasteiger partial charge in [-0.25, -0.2) is 4.79 Å². The fourth-order valence-electron chi connectivity index (χ4n) is 1.58. The van der Waals surface area contributed by atoms with Crippen molar-refractivity contribution in [1.29, 1.82) is 0 Å². The fourth-order valence-corrected chi connectivity index (χ4v) is 1.58. The summed E-state index contributed by atoms with van der Waals surface area (Å²) in [4.78, 5) is 23.8. The maximum atomic E-state index is 11.8. The van der Waals surface area contributed by atoms with E-state index in [1.54, 1.807) is 13.8 Å². The Morgan fingerprint density at radius 2 is 1.95 bits per heavy atom. The van der Waals surface area contributed by atoms with E-state index in [-0.39, 0.29) is 12.6 Å². The number of hydrogen-bond donors (Lipinski definition) is 2. The summed E-state index contributed by atoms with van der Waals surface area (Å²) >= 11 is 0. The van der Waals surface area contributed by atoms with Crippen LogP contribution in [0.1, 0.15) is 13.8 Å². The van der Waals surface area contributed by atoms with Crippen LogP contribution in [-0.2, 0) is 4.79 Å². The highest BCUT2D eigenvalue weighted by atomic mass is 16.5. The topological polar surface area (TPSA) is 78.9 Å². The van der Waals surface area contributed by atoms with Gasteiger partial charge in [0.15, 0.2) is 0 Å². The SMILES string of the molecule is CC(C)N(CC(=O)O)C(=O)NCCOc1ccccc1. The van der Waals surface area contributed by atoms with Crippen LogP contribution in [-0.4, -0.2) is 47.7 Å². The van der Waals surface area contributed by atoms with Crippen molar-refractivity contribution in [2.75, 3.05) is 19.7 Å². The summed E-state index contributed by atoms with van der Waals surface area (Å²) in [5.74, 6) is -0.303. The van der Waals surface area contributed by atoms with Gasteiger partial charge in [0.1, 0.15) is 18.9 Å². The zero-order chi connectivity index (χ0) is 15.0. The Labute approximate surface area is 118 Å². The normalized spacial score (nSPS) is 10.2. The van der Waals surface area contributed by atoms with E-state index in [1.807, 2.05) is 30.3 Å². The van der Waals surface area contributed by atoms with Gasteiger partial charge in [-0.2, -0.15) is 0 Å². The molecule has 0 aliphatic heterocycles. The van der Waals surface area contributed by atoms with Crippen molar-refractivity contribution >= 4 is 12.0 Å². The molecule has 1 aromatic carbocycles. The van der Waals surface area contributed by atoms with Crippen LogP contribution < -0.4 is 10.1 Å². The second kappa shape index (κ2) is 8.04. The number of rotatable bonds is 7. The molecule has 0 bridgehead atoms. The molecule has 1 rings (SSSR count). The van der Waals surface area contributed by atoms with Gasteiger partial charge < -0.3 is 20.1 Å². The van der Waals surface area contributed by atoms with Gasteiger partial charge in [-0.3, -0.25) is 4.79 Å². The molecule has 0 aliphatic rings. The summed E-state index contributed by atoms with van der Waals surface area (Å²) in [5.41, 5.74) is 0. The Morgan fingerprint density at radius 1 is 1.30 bits per heavy atom. The molecule has 2 amide bonds. The monoisotopic (exact) mass is 280 g/mol. The minimum absolute atomic E-state index is 0.179. The highest BCUT2D eigenvalue weighted by molar-refractivity contribution is 5.80. The van der Waals surface area contributed by atoms with E-state index in [0.29, 0.717) is 13.2 Å². The van der Waals surface area contributed by atoms with Crippen molar-refractivity contribution in [2.24, 2.45) is 0 Å². The number of ether oxygens (including phenoxy) is 1. The molecule has 2 N–H and O–H groups in total. The molecule has 1 aromatic rings. The number of hydrogen-bond acceptors (Lipinski definition) is 3. The molecule has 0 unspecified atom stereocenters. The maximum absolute atomic E-state index is 11.8. The van der Waals surface area contributed by atoms with Crippen LogP contribution in [0.2, 0.25) is 0 Å². The molecule has 0 saturated heterocycles. The number of benzene rings is 1. The van der Waals surface area contributed by atoms with Crippen molar-refractivity contribution in [1.82, 2.24) is 10.2 Å². The number of para-hydroxylation sites is 1. The highest BCUT2D eigenvalue weighted by Crippen LogP contribution is 2.07. The van der Waals surface area contributed by atoms with Crippen molar-refractivity contribution in [3.63, 3.8) is 0 Å². The van der Waals surface area contributed by atoms with Crippen molar-refractivity contribution in [3.05, 3.63) is 30.3 Å². The largest absolute Gasteiger partial charge is 0.492 e. The molecule has 20 heavy (non-hydrogen) atoms. The number of carbonyl (C=O) groups is 2. The van der Waals surface area contributed by atoms with E-state index in [0.717, 1.165) is 5.75 Å². The average Bonchev–Trinajstić information content (AvgIpc) is 2.41. The molecular formula is C14H20N2O4. The summed E-state index contributed by atoms with van der Waals surface area (Å²) in [6.45, 7) is 3.86. The first-order chi connectivity index (χ1) is 9.50. The molecule has 0 aliphatic carbocycles. The first-order valence-corrected chi connectivity index (χ1v) is 6.45. The van der Waals surface area contributed by atoms with Gasteiger partial charge in [0, 0.05) is 6.04 Å². The smallest absolute Gasteiger partial charge is 0.323 e. The van der Waals surface area contributed by atoms with Crippen molar-refractivity contribution < 1.29 is 19.4 Å². The van der Waals surface area contributed by atoms with Gasteiger partial charge in [0.25, 0.3) is 0 Å². The van der Waals surface area contributed by atoms with E-state index >= 15 is 0 Å². The Hall–Kier alpha value is -2.24. The molecule has 0 heterocycles. The van der Waals surface area contributed by atoms with E-state index in [1.165, 1.54) is 4.90 Å². The number of nitrogens with zero attached hydrogens (tertiary/aromatic N) is 1. The predicted octanol–water partition coefficient (Wildman–Crippen LogP) is 1.57. The number of urea groups is 1. The lowest BCUT2D eigenvalue weighted by Crippen LogP contribution is -2.47. The Bertz CT molecular complexity index is 434. The van der Waals surface area contributed by atoms with E-state index in [9.17, 15) is 9.59 Å². The van der Waals surface area contributed by atoms with Gasteiger partial charge in [-0.1, -0.05) is 18.2 Å². The van der Waals surface area contributed by atoms with Gasteiger partial charge in [-0.15, -0.1) is 0 Å². The molecule has 0 radical (unpaired) electrons. The van der Waals surface area contributed by atoms with Crippen LogP contribution in [0.25, 0.3) is 0 Å². The third-order valence-corrected chi connectivity index (χ3v) is 2.58. The van der Waals surface area contributed by atoms with Crippen LogP contribution in [0.5, 0.6) is 5.75 Å². The zero-order valence-corrected chi connectivity index (χ0v) is 11.7. The van der Waals surface area contributed by atoms with Crippen LogP contribution in [0.4, 0.5) is 4.79 Å². The van der Waals surface area contributed by atoms with Gasteiger partial charge in [0.2, 0.25) is 0 Å². The molecular weight excluding hydrogens is 260 g/mol. The Kier molecular flexibility index (Phi) is 6.36. The number of carboxylic acids is 1. The number of carbonyl (C=O) groups excluding carboxylic acids is 1. The van der Waals surface area contributed by atoms with E-state index in [2.05, 4.69) is 5.32 Å². The second-order valence-electron chi connectivity index (χ2n) is 4.51. The molecule has 0 saturated carbocycles. The standard InChI is InChI=1S/C14H20N2O4/c1-11(2)16(10-13(17)18)14(19)15-8-9-20-12-6-4-3-5-7-12/h3-7,11H,8-10H2,1-2H3,(H,15,19)(H,17,18). The van der Waals surface area contributed by atoms with E-state index < -0.39 is 12.0 Å². The third-order valence-electron chi connectivity index (χ3n) is 2.58. The third kappa shape index (κ3) is 5.60. The second-order valence-corrected chi connectivity index (χ2v) is 4.51. The number of nitrogens with one attached hydrogen (secondary N) is 1. The first kappa shape index (κ1) is 15.8. The first-order valence-electron chi connectivity index (χ1n) is 6.45. The number of amides is 2. The van der Waals surface area contributed by atoms with Crippen LogP contribution >= 0.6 is 0 Å². The molecule has 0 spiro atoms. The maximum Gasteiger partial charge on any atom is 0.323 e. The van der Waals surface area contributed by atoms with E-state index in [4.69, 9.17) is 9.84 Å². The lowest BCUT2D eigenvalue weighted by Gasteiger charge is -2.25. The predicted molar refractivity (Wildman–Crippen MR) is 74.8 cm³/mol. The Morgan fingerprint density at radius 3 is 2.50 bits per heavy atom. The molecule has 110 valence electrons. The van der Waals surface area contributed by atoms with Crippen LogP contribution in [0.15, 0.2) is 30.3 Å². The minimum Gasteiger partial charge on any atom is -0.492 e. The highest BCUT2D eigenvalue weighted by Gasteiger charge is 2.19. The average molecular weight is 280 g/mol. The fraction of sp³-hybridized carbons (Fsp3) is 0.429. The molecule has 6 nitrogen and oxygen atoms in total. The van der Waals surface area contributed by atoms with Gasteiger partial charge in [-0.05, 0) is 26.0 Å². The lowest BCUT2D eigenvalue weighted by atomic mass is 10.3. The quantitative estimate of drug-likeness (QED) is 0.743.